The van der Waals surface area contributed by atoms with E-state index in [1.807, 2.05) is 6.07 Å². The van der Waals surface area contributed by atoms with Crippen LogP contribution in [0.4, 0.5) is 17.1 Å². The van der Waals surface area contributed by atoms with Crippen molar-refractivity contribution in [3.8, 4) is 33.4 Å². The lowest BCUT2D eigenvalue weighted by atomic mass is 9.98. The van der Waals surface area contributed by atoms with Crippen molar-refractivity contribution < 1.29 is 4.42 Å². The summed E-state index contributed by atoms with van der Waals surface area (Å²) in [5.74, 6) is 0. The first-order valence-electron chi connectivity index (χ1n) is 19.2. The van der Waals surface area contributed by atoms with Crippen molar-refractivity contribution in [1.29, 1.82) is 0 Å². The summed E-state index contributed by atoms with van der Waals surface area (Å²) in [4.78, 5) is 2.40. The van der Waals surface area contributed by atoms with Crippen LogP contribution in [0.1, 0.15) is 0 Å². The van der Waals surface area contributed by atoms with Crippen molar-refractivity contribution in [2.45, 2.75) is 0 Å². The fourth-order valence-electron chi connectivity index (χ4n) is 8.44. The Labute approximate surface area is 325 Å². The van der Waals surface area contributed by atoms with Crippen LogP contribution in [0.3, 0.4) is 0 Å². The molecule has 2 nitrogen and oxygen atoms in total. The molecule has 56 heavy (non-hydrogen) atoms. The zero-order chi connectivity index (χ0) is 37.0. The van der Waals surface area contributed by atoms with Crippen molar-refractivity contribution in [2.75, 3.05) is 4.90 Å². The molecule has 0 amide bonds. The molecule has 11 aromatic rings. The quantitative estimate of drug-likeness (QED) is 0.160. The summed E-state index contributed by atoms with van der Waals surface area (Å²) in [6, 6.07) is 76.5. The highest BCUT2D eigenvalue weighted by Gasteiger charge is 2.19. The standard InChI is InChI=1S/C54H35NO/c1-2-12-39(13-3-1)47-19-10-20-50-51-34-42(27-32-53(51)56-54(47)50)38-25-30-45(31-26-38)55(52-35-43-15-6-7-16-46(43)48-17-8-9-18-49(48)52)44-28-23-37(24-29-44)41-22-21-36-11-4-5-14-40(36)33-41/h1-35H. The molecule has 11 rings (SSSR count). The maximum atomic E-state index is 6.49. The molecule has 0 unspecified atom stereocenters. The highest BCUT2D eigenvalue weighted by molar-refractivity contribution is 6.15. The second kappa shape index (κ2) is 13.2. The highest BCUT2D eigenvalue weighted by atomic mass is 16.3. The lowest BCUT2D eigenvalue weighted by Crippen LogP contribution is -2.10. The number of fused-ring (bicyclic) bond motifs is 7. The third-order valence-corrected chi connectivity index (χ3v) is 11.2. The van der Waals surface area contributed by atoms with Crippen LogP contribution in [0.2, 0.25) is 0 Å². The molecule has 0 aliphatic carbocycles. The molecule has 0 spiro atoms. The molecule has 0 fully saturated rings. The lowest BCUT2D eigenvalue weighted by Gasteiger charge is -2.28. The molecule has 0 aliphatic heterocycles. The number of hydrogen-bond acceptors (Lipinski definition) is 2. The second-order valence-corrected chi connectivity index (χ2v) is 14.5. The Balaban J connectivity index is 1.02. The summed E-state index contributed by atoms with van der Waals surface area (Å²) >= 11 is 0. The van der Waals surface area contributed by atoms with Gasteiger partial charge in [0.05, 0.1) is 5.69 Å². The van der Waals surface area contributed by atoms with Crippen LogP contribution in [0.25, 0.3) is 87.6 Å². The molecule has 262 valence electrons. The van der Waals surface area contributed by atoms with Crippen molar-refractivity contribution in [2.24, 2.45) is 0 Å². The summed E-state index contributed by atoms with van der Waals surface area (Å²) in [6.07, 6.45) is 0. The zero-order valence-corrected chi connectivity index (χ0v) is 30.6. The molecule has 2 heteroatoms. The number of nitrogens with zero attached hydrogens (tertiary/aromatic N) is 1. The first kappa shape index (κ1) is 32.0. The summed E-state index contributed by atoms with van der Waals surface area (Å²) < 4.78 is 6.49. The van der Waals surface area contributed by atoms with Crippen molar-refractivity contribution in [3.05, 3.63) is 212 Å². The van der Waals surface area contributed by atoms with E-state index in [1.165, 1.54) is 43.4 Å². The van der Waals surface area contributed by atoms with E-state index >= 15 is 0 Å². The van der Waals surface area contributed by atoms with Gasteiger partial charge in [0.25, 0.3) is 0 Å². The predicted molar refractivity (Wildman–Crippen MR) is 237 cm³/mol. The van der Waals surface area contributed by atoms with E-state index < -0.39 is 0 Å². The third kappa shape index (κ3) is 5.42. The minimum atomic E-state index is 0.894. The van der Waals surface area contributed by atoms with Gasteiger partial charge in [-0.3, -0.25) is 0 Å². The van der Waals surface area contributed by atoms with E-state index in [0.29, 0.717) is 0 Å². The summed E-state index contributed by atoms with van der Waals surface area (Å²) in [5.41, 5.74) is 12.1. The molecule has 0 aliphatic rings. The maximum Gasteiger partial charge on any atom is 0.143 e. The molecule has 0 atom stereocenters. The summed E-state index contributed by atoms with van der Waals surface area (Å²) in [7, 11) is 0. The normalized spacial score (nSPS) is 11.6. The molecule has 1 aromatic heterocycles. The average Bonchev–Trinajstić information content (AvgIpc) is 3.65. The third-order valence-electron chi connectivity index (χ3n) is 11.2. The van der Waals surface area contributed by atoms with Gasteiger partial charge < -0.3 is 9.32 Å². The highest BCUT2D eigenvalue weighted by Crippen LogP contribution is 2.43. The van der Waals surface area contributed by atoms with Gasteiger partial charge in [-0.15, -0.1) is 0 Å². The number of rotatable bonds is 6. The van der Waals surface area contributed by atoms with Crippen LogP contribution in [0, 0.1) is 0 Å². The van der Waals surface area contributed by atoms with Crippen LogP contribution < -0.4 is 4.90 Å². The Morgan fingerprint density at radius 1 is 0.304 bits per heavy atom. The van der Waals surface area contributed by atoms with Gasteiger partial charge in [0, 0.05) is 33.1 Å². The van der Waals surface area contributed by atoms with Gasteiger partial charge in [-0.25, -0.2) is 0 Å². The minimum absolute atomic E-state index is 0.894. The van der Waals surface area contributed by atoms with Gasteiger partial charge in [0.1, 0.15) is 11.2 Å². The van der Waals surface area contributed by atoms with Crippen LogP contribution >= 0.6 is 0 Å². The largest absolute Gasteiger partial charge is 0.455 e. The second-order valence-electron chi connectivity index (χ2n) is 14.5. The van der Waals surface area contributed by atoms with Gasteiger partial charge in [-0.2, -0.15) is 0 Å². The van der Waals surface area contributed by atoms with Gasteiger partial charge in [-0.05, 0) is 103 Å². The van der Waals surface area contributed by atoms with E-state index in [0.717, 1.165) is 61.3 Å². The molecular formula is C54H35NO. The Morgan fingerprint density at radius 2 is 0.875 bits per heavy atom. The SMILES string of the molecule is c1ccc(-c2cccc3c2oc2ccc(-c4ccc(N(c5ccc(-c6ccc7ccccc7c6)cc5)c5cc6ccccc6c6ccccc56)cc4)cc23)cc1. The smallest absolute Gasteiger partial charge is 0.143 e. The van der Waals surface area contributed by atoms with E-state index in [1.54, 1.807) is 0 Å². The number of furan rings is 1. The van der Waals surface area contributed by atoms with Crippen LogP contribution in [0.15, 0.2) is 217 Å². The Morgan fingerprint density at radius 3 is 1.62 bits per heavy atom. The van der Waals surface area contributed by atoms with Crippen LogP contribution in [-0.2, 0) is 0 Å². The van der Waals surface area contributed by atoms with E-state index in [9.17, 15) is 0 Å². The minimum Gasteiger partial charge on any atom is -0.455 e. The molecule has 10 aromatic carbocycles. The van der Waals surface area contributed by atoms with Crippen molar-refractivity contribution in [3.63, 3.8) is 0 Å². The van der Waals surface area contributed by atoms with E-state index in [2.05, 4.69) is 211 Å². The van der Waals surface area contributed by atoms with Crippen molar-refractivity contribution >= 4 is 71.3 Å². The molecule has 0 saturated carbocycles. The number of para-hydroxylation sites is 1. The first-order chi connectivity index (χ1) is 27.7. The average molecular weight is 714 g/mol. The topological polar surface area (TPSA) is 16.4 Å². The van der Waals surface area contributed by atoms with Gasteiger partial charge in [0.15, 0.2) is 0 Å². The molecular weight excluding hydrogens is 679 g/mol. The zero-order valence-electron chi connectivity index (χ0n) is 30.6. The van der Waals surface area contributed by atoms with Crippen molar-refractivity contribution in [1.82, 2.24) is 0 Å². The summed E-state index contributed by atoms with van der Waals surface area (Å²) in [6.45, 7) is 0. The van der Waals surface area contributed by atoms with E-state index in [4.69, 9.17) is 4.42 Å². The maximum absolute atomic E-state index is 6.49. The molecule has 0 radical (unpaired) electrons. The van der Waals surface area contributed by atoms with Crippen LogP contribution in [-0.4, -0.2) is 0 Å². The number of hydrogen-bond donors (Lipinski definition) is 0. The Kier molecular flexibility index (Phi) is 7.53. The molecule has 1 heterocycles. The predicted octanol–water partition coefficient (Wildman–Crippen LogP) is 15.5. The van der Waals surface area contributed by atoms with Gasteiger partial charge >= 0.3 is 0 Å². The monoisotopic (exact) mass is 713 g/mol. The Bertz CT molecular complexity index is 3230. The number of anilines is 3. The fourth-order valence-corrected chi connectivity index (χ4v) is 8.44. The Hall–Kier alpha value is -7.42. The van der Waals surface area contributed by atoms with Gasteiger partial charge in [-0.1, -0.05) is 164 Å². The number of benzene rings is 10. The molecule has 0 saturated heterocycles. The first-order valence-corrected chi connectivity index (χ1v) is 19.2. The lowest BCUT2D eigenvalue weighted by molar-refractivity contribution is 0.670. The summed E-state index contributed by atoms with van der Waals surface area (Å²) in [5, 5.41) is 9.67. The van der Waals surface area contributed by atoms with E-state index in [-0.39, 0.29) is 0 Å². The molecule has 0 N–H and O–H groups in total. The van der Waals surface area contributed by atoms with Gasteiger partial charge in [0.2, 0.25) is 0 Å². The fraction of sp³-hybridized carbons (Fsp3) is 0. The molecule has 0 bridgehead atoms. The van der Waals surface area contributed by atoms with Crippen LogP contribution in [0.5, 0.6) is 0 Å².